The van der Waals surface area contributed by atoms with Crippen molar-refractivity contribution in [2.45, 2.75) is 6.92 Å². The topological polar surface area (TPSA) is 43.6 Å². The largest absolute Gasteiger partial charge is 0.198 e. The van der Waals surface area contributed by atoms with Crippen molar-refractivity contribution in [1.82, 2.24) is 20.2 Å². The van der Waals surface area contributed by atoms with Gasteiger partial charge in [-0.1, -0.05) is 42.5 Å². The number of hydrogen-bond donors (Lipinski definition) is 0. The molecule has 0 aliphatic rings. The van der Waals surface area contributed by atoms with Gasteiger partial charge in [-0.15, -0.1) is 5.10 Å². The average Bonchev–Trinajstić information content (AvgIpc) is 2.86. The van der Waals surface area contributed by atoms with Crippen molar-refractivity contribution in [3.05, 3.63) is 60.4 Å². The molecule has 0 aliphatic carbocycles. The Labute approximate surface area is 105 Å². The Bertz CT molecular complexity index is 641. The summed E-state index contributed by atoms with van der Waals surface area (Å²) in [7, 11) is 0. The zero-order valence-electron chi connectivity index (χ0n) is 9.99. The van der Waals surface area contributed by atoms with E-state index in [-0.39, 0.29) is 0 Å². The maximum atomic E-state index is 3.94. The van der Waals surface area contributed by atoms with Crippen molar-refractivity contribution >= 4 is 0 Å². The summed E-state index contributed by atoms with van der Waals surface area (Å²) in [5, 5.41) is 11.5. The van der Waals surface area contributed by atoms with E-state index >= 15 is 0 Å². The second-order valence-electron chi connectivity index (χ2n) is 4.05. The molecule has 4 nitrogen and oxygen atoms in total. The lowest BCUT2D eigenvalue weighted by Gasteiger charge is -2.04. The van der Waals surface area contributed by atoms with Crippen molar-refractivity contribution in [2.24, 2.45) is 0 Å². The fourth-order valence-corrected chi connectivity index (χ4v) is 1.90. The van der Waals surface area contributed by atoms with Crippen LogP contribution in [0.3, 0.4) is 0 Å². The predicted molar refractivity (Wildman–Crippen MR) is 69.3 cm³/mol. The third-order valence-electron chi connectivity index (χ3n) is 2.84. The number of benzene rings is 2. The molecule has 0 unspecified atom stereocenters. The van der Waals surface area contributed by atoms with Crippen molar-refractivity contribution < 1.29 is 0 Å². The monoisotopic (exact) mass is 236 g/mol. The third-order valence-corrected chi connectivity index (χ3v) is 2.84. The summed E-state index contributed by atoms with van der Waals surface area (Å²) in [5.74, 6) is 0.780. The summed E-state index contributed by atoms with van der Waals surface area (Å²) in [5.41, 5.74) is 3.36. The summed E-state index contributed by atoms with van der Waals surface area (Å²) >= 11 is 0. The fourth-order valence-electron chi connectivity index (χ4n) is 1.90. The molecule has 0 spiro atoms. The molecule has 0 radical (unpaired) electrons. The molecule has 18 heavy (non-hydrogen) atoms. The lowest BCUT2D eigenvalue weighted by molar-refractivity contribution is 0.779. The minimum atomic E-state index is 0.780. The van der Waals surface area contributed by atoms with Crippen molar-refractivity contribution in [2.75, 3.05) is 0 Å². The van der Waals surface area contributed by atoms with E-state index in [1.54, 1.807) is 4.68 Å². The van der Waals surface area contributed by atoms with Crippen LogP contribution in [0.5, 0.6) is 0 Å². The van der Waals surface area contributed by atoms with E-state index in [0.717, 1.165) is 11.5 Å². The summed E-state index contributed by atoms with van der Waals surface area (Å²) in [6.07, 6.45) is 0. The van der Waals surface area contributed by atoms with Crippen LogP contribution in [0.25, 0.3) is 16.8 Å². The van der Waals surface area contributed by atoms with Crippen LogP contribution in [0.4, 0.5) is 0 Å². The number of aryl methyl sites for hydroxylation is 1. The Kier molecular flexibility index (Phi) is 2.61. The van der Waals surface area contributed by atoms with Crippen molar-refractivity contribution in [3.8, 4) is 16.8 Å². The van der Waals surface area contributed by atoms with Gasteiger partial charge in [0.25, 0.3) is 0 Å². The highest BCUT2D eigenvalue weighted by atomic mass is 15.5. The first kappa shape index (κ1) is 10.7. The summed E-state index contributed by atoms with van der Waals surface area (Å²) in [4.78, 5) is 0. The second-order valence-corrected chi connectivity index (χ2v) is 4.05. The molecular weight excluding hydrogens is 224 g/mol. The zero-order valence-corrected chi connectivity index (χ0v) is 9.99. The van der Waals surface area contributed by atoms with Gasteiger partial charge in [0, 0.05) is 0 Å². The number of tetrazole rings is 1. The van der Waals surface area contributed by atoms with Gasteiger partial charge in [0.05, 0.1) is 5.69 Å². The molecule has 0 saturated carbocycles. The summed E-state index contributed by atoms with van der Waals surface area (Å²) < 4.78 is 1.72. The van der Waals surface area contributed by atoms with Gasteiger partial charge in [-0.25, -0.2) is 0 Å². The van der Waals surface area contributed by atoms with Crippen LogP contribution in [0.2, 0.25) is 0 Å². The fraction of sp³-hybridized carbons (Fsp3) is 0.0714. The normalized spacial score (nSPS) is 10.5. The molecule has 0 atom stereocenters. The predicted octanol–water partition coefficient (Wildman–Crippen LogP) is 2.64. The highest BCUT2D eigenvalue weighted by Crippen LogP contribution is 2.20. The Morgan fingerprint density at radius 2 is 1.50 bits per heavy atom. The van der Waals surface area contributed by atoms with E-state index in [9.17, 15) is 0 Å². The molecular formula is C14H12N4. The van der Waals surface area contributed by atoms with Gasteiger partial charge < -0.3 is 0 Å². The van der Waals surface area contributed by atoms with Crippen LogP contribution in [-0.4, -0.2) is 20.2 Å². The van der Waals surface area contributed by atoms with Crippen LogP contribution < -0.4 is 0 Å². The smallest absolute Gasteiger partial charge is 0.153 e. The minimum Gasteiger partial charge on any atom is -0.198 e. The Hall–Kier alpha value is -2.49. The molecule has 0 saturated heterocycles. The van der Waals surface area contributed by atoms with Crippen molar-refractivity contribution in [3.63, 3.8) is 0 Å². The molecule has 1 aromatic heterocycles. The molecule has 1 heterocycles. The first-order chi connectivity index (χ1) is 8.84. The summed E-state index contributed by atoms with van der Waals surface area (Å²) in [6.45, 7) is 1.88. The number of aromatic nitrogens is 4. The number of nitrogens with zero attached hydrogens (tertiary/aromatic N) is 4. The Balaban J connectivity index is 1.97. The molecule has 4 heteroatoms. The van der Waals surface area contributed by atoms with Gasteiger partial charge >= 0.3 is 0 Å². The van der Waals surface area contributed by atoms with E-state index in [2.05, 4.69) is 39.8 Å². The van der Waals surface area contributed by atoms with Gasteiger partial charge in [-0.3, -0.25) is 0 Å². The van der Waals surface area contributed by atoms with E-state index in [1.165, 1.54) is 11.1 Å². The van der Waals surface area contributed by atoms with Gasteiger partial charge in [-0.2, -0.15) is 4.68 Å². The van der Waals surface area contributed by atoms with E-state index < -0.39 is 0 Å². The van der Waals surface area contributed by atoms with Gasteiger partial charge in [0.15, 0.2) is 5.82 Å². The molecule has 88 valence electrons. The molecule has 3 rings (SSSR count). The van der Waals surface area contributed by atoms with Crippen LogP contribution in [-0.2, 0) is 0 Å². The lowest BCUT2D eigenvalue weighted by Crippen LogP contribution is -1.98. The van der Waals surface area contributed by atoms with E-state index in [0.29, 0.717) is 0 Å². The number of hydrogen-bond acceptors (Lipinski definition) is 3. The van der Waals surface area contributed by atoms with Crippen LogP contribution in [0, 0.1) is 6.92 Å². The third kappa shape index (κ3) is 1.88. The molecule has 3 aromatic rings. The second kappa shape index (κ2) is 4.41. The Morgan fingerprint density at radius 1 is 0.833 bits per heavy atom. The molecule has 2 aromatic carbocycles. The maximum Gasteiger partial charge on any atom is 0.153 e. The standard InChI is InChI=1S/C14H12N4/c1-11-15-16-17-18(11)14-9-7-13(8-10-14)12-5-3-2-4-6-12/h2-10H,1H3. The molecule has 0 amide bonds. The molecule has 0 aliphatic heterocycles. The minimum absolute atomic E-state index is 0.780. The Morgan fingerprint density at radius 3 is 2.11 bits per heavy atom. The number of rotatable bonds is 2. The SMILES string of the molecule is Cc1nnnn1-c1ccc(-c2ccccc2)cc1. The van der Waals surface area contributed by atoms with Gasteiger partial charge in [0.1, 0.15) is 0 Å². The van der Waals surface area contributed by atoms with Crippen LogP contribution in [0.1, 0.15) is 5.82 Å². The van der Waals surface area contributed by atoms with E-state index in [1.807, 2.05) is 37.3 Å². The van der Waals surface area contributed by atoms with Crippen LogP contribution in [0.15, 0.2) is 54.6 Å². The first-order valence-electron chi connectivity index (χ1n) is 5.75. The highest BCUT2D eigenvalue weighted by molar-refractivity contribution is 5.64. The van der Waals surface area contributed by atoms with Crippen LogP contribution >= 0.6 is 0 Å². The summed E-state index contributed by atoms with van der Waals surface area (Å²) in [6, 6.07) is 18.5. The average molecular weight is 236 g/mol. The maximum absolute atomic E-state index is 3.94. The highest BCUT2D eigenvalue weighted by Gasteiger charge is 2.03. The van der Waals surface area contributed by atoms with E-state index in [4.69, 9.17) is 0 Å². The van der Waals surface area contributed by atoms with Crippen molar-refractivity contribution in [1.29, 1.82) is 0 Å². The zero-order chi connectivity index (χ0) is 12.4. The quantitative estimate of drug-likeness (QED) is 0.687. The van der Waals surface area contributed by atoms with Gasteiger partial charge in [-0.05, 0) is 40.6 Å². The molecule has 0 N–H and O–H groups in total. The molecule has 0 bridgehead atoms. The first-order valence-corrected chi connectivity index (χ1v) is 5.75. The lowest BCUT2D eigenvalue weighted by atomic mass is 10.1. The van der Waals surface area contributed by atoms with Gasteiger partial charge in [0.2, 0.25) is 0 Å². The molecule has 0 fully saturated rings.